The molecule has 0 aliphatic carbocycles. The third kappa shape index (κ3) is 2.92. The maximum absolute atomic E-state index is 12.0. The minimum Gasteiger partial charge on any atom is -0.384 e. The number of nitrogens with two attached hydrogens (primary N) is 1. The van der Waals surface area contributed by atoms with Crippen LogP contribution in [0.5, 0.6) is 0 Å². The number of carbonyl (C=O) groups excluding carboxylic acids is 1. The van der Waals surface area contributed by atoms with Crippen LogP contribution in [0.4, 0.5) is 0 Å². The third-order valence-corrected chi connectivity index (χ3v) is 3.20. The van der Waals surface area contributed by atoms with Crippen molar-refractivity contribution in [1.29, 1.82) is 0 Å². The fourth-order valence-corrected chi connectivity index (χ4v) is 1.90. The average molecular weight is 214 g/mol. The molecule has 1 amide bonds. The third-order valence-electron chi connectivity index (χ3n) is 3.20. The predicted octanol–water partition coefficient (Wildman–Crippen LogP) is 0.609. The standard InChI is InChI=1S/C11H22N2O2/c1-4-11(2,12)10(14)13-6-5-9(7-13)8-15-3/h9H,4-8,12H2,1-3H3. The number of nitrogens with zero attached hydrogens (tertiary/aromatic N) is 1. The summed E-state index contributed by atoms with van der Waals surface area (Å²) in [5.74, 6) is 0.551. The zero-order valence-corrected chi connectivity index (χ0v) is 9.95. The van der Waals surface area contributed by atoms with Crippen LogP contribution in [0.2, 0.25) is 0 Å². The Morgan fingerprint density at radius 1 is 1.67 bits per heavy atom. The van der Waals surface area contributed by atoms with Gasteiger partial charge in [0.05, 0.1) is 12.1 Å². The highest BCUT2D eigenvalue weighted by Gasteiger charge is 2.34. The van der Waals surface area contributed by atoms with E-state index in [-0.39, 0.29) is 5.91 Å². The molecule has 1 saturated heterocycles. The van der Waals surface area contributed by atoms with Gasteiger partial charge in [-0.15, -0.1) is 0 Å². The van der Waals surface area contributed by atoms with E-state index in [0.29, 0.717) is 12.3 Å². The van der Waals surface area contributed by atoms with Gasteiger partial charge >= 0.3 is 0 Å². The smallest absolute Gasteiger partial charge is 0.242 e. The lowest BCUT2D eigenvalue weighted by atomic mass is 9.99. The maximum atomic E-state index is 12.0. The number of rotatable bonds is 4. The zero-order chi connectivity index (χ0) is 11.5. The molecule has 4 nitrogen and oxygen atoms in total. The number of amides is 1. The van der Waals surface area contributed by atoms with Crippen molar-refractivity contribution in [2.45, 2.75) is 32.2 Å². The number of ether oxygens (including phenoxy) is 1. The number of carbonyl (C=O) groups is 1. The largest absolute Gasteiger partial charge is 0.384 e. The molecule has 1 aliphatic heterocycles. The number of methoxy groups -OCH3 is 1. The highest BCUT2D eigenvalue weighted by atomic mass is 16.5. The first-order valence-corrected chi connectivity index (χ1v) is 5.58. The lowest BCUT2D eigenvalue weighted by molar-refractivity contribution is -0.135. The normalized spacial score (nSPS) is 25.3. The molecule has 0 bridgehead atoms. The first-order chi connectivity index (χ1) is 7.01. The second-order valence-corrected chi connectivity index (χ2v) is 4.63. The topological polar surface area (TPSA) is 55.6 Å². The minimum atomic E-state index is -0.706. The van der Waals surface area contributed by atoms with E-state index >= 15 is 0 Å². The predicted molar refractivity (Wildman–Crippen MR) is 59.4 cm³/mol. The molecule has 0 aromatic carbocycles. The van der Waals surface area contributed by atoms with E-state index in [1.54, 1.807) is 14.0 Å². The van der Waals surface area contributed by atoms with Crippen molar-refractivity contribution in [3.63, 3.8) is 0 Å². The molecule has 2 unspecified atom stereocenters. The van der Waals surface area contributed by atoms with Gasteiger partial charge in [-0.2, -0.15) is 0 Å². The molecule has 1 aliphatic rings. The van der Waals surface area contributed by atoms with Crippen molar-refractivity contribution in [2.24, 2.45) is 11.7 Å². The van der Waals surface area contributed by atoms with Gasteiger partial charge in [-0.1, -0.05) is 6.92 Å². The van der Waals surface area contributed by atoms with E-state index in [2.05, 4.69) is 0 Å². The fourth-order valence-electron chi connectivity index (χ4n) is 1.90. The molecule has 4 heteroatoms. The van der Waals surface area contributed by atoms with Crippen molar-refractivity contribution in [1.82, 2.24) is 4.90 Å². The van der Waals surface area contributed by atoms with Crippen LogP contribution in [-0.4, -0.2) is 43.2 Å². The molecule has 0 radical (unpaired) electrons. The Kier molecular flexibility index (Phi) is 4.11. The summed E-state index contributed by atoms with van der Waals surface area (Å²) in [5.41, 5.74) is 5.23. The molecule has 2 atom stereocenters. The molecule has 1 heterocycles. The second-order valence-electron chi connectivity index (χ2n) is 4.63. The van der Waals surface area contributed by atoms with Crippen LogP contribution >= 0.6 is 0 Å². The van der Waals surface area contributed by atoms with E-state index in [1.165, 1.54) is 0 Å². The molecule has 88 valence electrons. The molecule has 2 N–H and O–H groups in total. The van der Waals surface area contributed by atoms with Gasteiger partial charge in [0.15, 0.2) is 0 Å². The van der Waals surface area contributed by atoms with E-state index < -0.39 is 5.54 Å². The van der Waals surface area contributed by atoms with Gasteiger partial charge in [0.1, 0.15) is 0 Å². The average Bonchev–Trinajstić information content (AvgIpc) is 2.66. The Bertz CT molecular complexity index is 229. The van der Waals surface area contributed by atoms with Gasteiger partial charge in [-0.25, -0.2) is 0 Å². The Morgan fingerprint density at radius 3 is 2.87 bits per heavy atom. The van der Waals surface area contributed by atoms with Gasteiger partial charge in [0.25, 0.3) is 0 Å². The summed E-state index contributed by atoms with van der Waals surface area (Å²) >= 11 is 0. The summed E-state index contributed by atoms with van der Waals surface area (Å²) in [4.78, 5) is 13.9. The van der Waals surface area contributed by atoms with Crippen LogP contribution < -0.4 is 5.73 Å². The first kappa shape index (κ1) is 12.5. The second kappa shape index (κ2) is 4.94. The first-order valence-electron chi connectivity index (χ1n) is 5.58. The maximum Gasteiger partial charge on any atom is 0.242 e. The molecule has 1 rings (SSSR count). The Balaban J connectivity index is 2.50. The number of hydrogen-bond acceptors (Lipinski definition) is 3. The van der Waals surface area contributed by atoms with Crippen molar-refractivity contribution in [3.8, 4) is 0 Å². The van der Waals surface area contributed by atoms with E-state index in [1.807, 2.05) is 11.8 Å². The molecule has 0 spiro atoms. The summed E-state index contributed by atoms with van der Waals surface area (Å²) in [5, 5.41) is 0. The summed E-state index contributed by atoms with van der Waals surface area (Å²) in [6, 6.07) is 0. The molecular weight excluding hydrogens is 192 g/mol. The number of likely N-dealkylation sites (tertiary alicyclic amines) is 1. The quantitative estimate of drug-likeness (QED) is 0.746. The van der Waals surface area contributed by atoms with Gasteiger partial charge < -0.3 is 15.4 Å². The SMILES string of the molecule is CCC(C)(N)C(=O)N1CCC(COC)C1. The summed E-state index contributed by atoms with van der Waals surface area (Å²) in [7, 11) is 1.70. The van der Waals surface area contributed by atoms with Crippen molar-refractivity contribution >= 4 is 5.91 Å². The number of hydrogen-bond donors (Lipinski definition) is 1. The van der Waals surface area contributed by atoms with Gasteiger partial charge in [-0.3, -0.25) is 4.79 Å². The minimum absolute atomic E-state index is 0.0728. The summed E-state index contributed by atoms with van der Waals surface area (Å²) in [6.45, 7) is 6.09. The molecule has 1 fully saturated rings. The van der Waals surface area contributed by atoms with Gasteiger partial charge in [0.2, 0.25) is 5.91 Å². The van der Waals surface area contributed by atoms with Crippen LogP contribution in [0, 0.1) is 5.92 Å². The summed E-state index contributed by atoms with van der Waals surface area (Å²) in [6.07, 6.45) is 1.71. The van der Waals surface area contributed by atoms with Gasteiger partial charge in [0, 0.05) is 26.1 Å². The molecular formula is C11H22N2O2. The van der Waals surface area contributed by atoms with E-state index in [0.717, 1.165) is 26.1 Å². The van der Waals surface area contributed by atoms with Crippen molar-refractivity contribution in [2.75, 3.05) is 26.8 Å². The van der Waals surface area contributed by atoms with Crippen LogP contribution in [0.3, 0.4) is 0 Å². The zero-order valence-electron chi connectivity index (χ0n) is 9.95. The lowest BCUT2D eigenvalue weighted by Crippen LogP contribution is -2.52. The molecule has 0 saturated carbocycles. The highest BCUT2D eigenvalue weighted by molar-refractivity contribution is 5.85. The van der Waals surface area contributed by atoms with Crippen LogP contribution in [0.25, 0.3) is 0 Å². The Morgan fingerprint density at radius 2 is 2.33 bits per heavy atom. The summed E-state index contributed by atoms with van der Waals surface area (Å²) < 4.78 is 5.10. The van der Waals surface area contributed by atoms with Crippen molar-refractivity contribution < 1.29 is 9.53 Å². The highest BCUT2D eigenvalue weighted by Crippen LogP contribution is 2.20. The fraction of sp³-hybridized carbons (Fsp3) is 0.909. The van der Waals surface area contributed by atoms with E-state index in [9.17, 15) is 4.79 Å². The Labute approximate surface area is 91.8 Å². The van der Waals surface area contributed by atoms with E-state index in [4.69, 9.17) is 10.5 Å². The monoisotopic (exact) mass is 214 g/mol. The van der Waals surface area contributed by atoms with Gasteiger partial charge in [-0.05, 0) is 19.8 Å². The van der Waals surface area contributed by atoms with Crippen LogP contribution in [0.15, 0.2) is 0 Å². The molecule has 0 aromatic rings. The van der Waals surface area contributed by atoms with Crippen LogP contribution in [0.1, 0.15) is 26.7 Å². The molecule has 15 heavy (non-hydrogen) atoms. The lowest BCUT2D eigenvalue weighted by Gasteiger charge is -2.28. The van der Waals surface area contributed by atoms with Crippen molar-refractivity contribution in [3.05, 3.63) is 0 Å². The molecule has 0 aromatic heterocycles. The van der Waals surface area contributed by atoms with Crippen LogP contribution in [-0.2, 0) is 9.53 Å². The Hall–Kier alpha value is -0.610.